The zero-order valence-electron chi connectivity index (χ0n) is 13.6. The number of pyridine rings is 1. The molecule has 0 spiro atoms. The monoisotopic (exact) mass is 305 g/mol. The van der Waals surface area contributed by atoms with E-state index in [1.54, 1.807) is 0 Å². The molecular formula is C20H23N3. The van der Waals surface area contributed by atoms with Crippen LogP contribution in [0.4, 0.5) is 0 Å². The van der Waals surface area contributed by atoms with Crippen molar-refractivity contribution in [3.8, 4) is 0 Å². The van der Waals surface area contributed by atoms with Crippen molar-refractivity contribution >= 4 is 10.9 Å². The zero-order chi connectivity index (χ0) is 15.6. The molecule has 3 heteroatoms. The van der Waals surface area contributed by atoms with Crippen LogP contribution in [-0.4, -0.2) is 28.0 Å². The minimum Gasteiger partial charge on any atom is -0.358 e. The smallest absolute Gasteiger partial charge is 0.0640 e. The molecule has 1 atom stereocenters. The number of piperidine rings is 1. The van der Waals surface area contributed by atoms with E-state index in [2.05, 4.69) is 58.2 Å². The average molecular weight is 305 g/mol. The molecule has 1 N–H and O–H groups in total. The number of rotatable bonds is 3. The van der Waals surface area contributed by atoms with Crippen molar-refractivity contribution < 1.29 is 0 Å². The molecule has 4 rings (SSSR count). The number of likely N-dealkylation sites (tertiary alicyclic amines) is 1. The fourth-order valence-corrected chi connectivity index (χ4v) is 3.93. The highest BCUT2D eigenvalue weighted by Gasteiger charge is 2.27. The van der Waals surface area contributed by atoms with Crippen molar-refractivity contribution in [3.05, 3.63) is 65.6 Å². The molecule has 0 saturated carbocycles. The molecule has 2 aromatic heterocycles. The average Bonchev–Trinajstić information content (AvgIpc) is 2.94. The van der Waals surface area contributed by atoms with Crippen molar-refractivity contribution in [1.82, 2.24) is 14.9 Å². The second-order valence-corrected chi connectivity index (χ2v) is 6.49. The van der Waals surface area contributed by atoms with Gasteiger partial charge in [-0.15, -0.1) is 0 Å². The van der Waals surface area contributed by atoms with Crippen LogP contribution in [0.5, 0.6) is 0 Å². The summed E-state index contributed by atoms with van der Waals surface area (Å²) in [5.74, 6) is 0. The van der Waals surface area contributed by atoms with Gasteiger partial charge in [-0.25, -0.2) is 0 Å². The summed E-state index contributed by atoms with van der Waals surface area (Å²) in [6, 6.07) is 13.2. The summed E-state index contributed by atoms with van der Waals surface area (Å²) in [5.41, 5.74) is 5.20. The molecule has 3 nitrogen and oxygen atoms in total. The van der Waals surface area contributed by atoms with Gasteiger partial charge in [-0.05, 0) is 50.6 Å². The van der Waals surface area contributed by atoms with Crippen LogP contribution >= 0.6 is 0 Å². The highest BCUT2D eigenvalue weighted by atomic mass is 15.2. The van der Waals surface area contributed by atoms with Crippen LogP contribution < -0.4 is 0 Å². The lowest BCUT2D eigenvalue weighted by Crippen LogP contribution is -2.34. The van der Waals surface area contributed by atoms with Crippen molar-refractivity contribution in [2.45, 2.75) is 32.2 Å². The number of aromatic amines is 1. The number of aromatic nitrogens is 2. The Hall–Kier alpha value is -2.13. The normalized spacial score (nSPS) is 17.4. The third-order valence-corrected chi connectivity index (χ3v) is 4.97. The Morgan fingerprint density at radius 1 is 1.04 bits per heavy atom. The number of nitrogens with one attached hydrogen (secondary N) is 1. The molecule has 1 aromatic carbocycles. The van der Waals surface area contributed by atoms with E-state index in [0.29, 0.717) is 6.04 Å². The van der Waals surface area contributed by atoms with E-state index in [-0.39, 0.29) is 0 Å². The van der Waals surface area contributed by atoms with E-state index in [1.807, 2.05) is 12.4 Å². The van der Waals surface area contributed by atoms with Gasteiger partial charge in [0.2, 0.25) is 0 Å². The van der Waals surface area contributed by atoms with E-state index in [4.69, 9.17) is 0 Å². The molecule has 1 aliphatic rings. The summed E-state index contributed by atoms with van der Waals surface area (Å²) >= 11 is 0. The van der Waals surface area contributed by atoms with Gasteiger partial charge >= 0.3 is 0 Å². The van der Waals surface area contributed by atoms with Crippen LogP contribution in [0.3, 0.4) is 0 Å². The number of benzene rings is 1. The Balaban J connectivity index is 1.88. The summed E-state index contributed by atoms with van der Waals surface area (Å²) in [5, 5.41) is 1.34. The minimum absolute atomic E-state index is 0.292. The lowest BCUT2D eigenvalue weighted by Gasteiger charge is -2.35. The summed E-state index contributed by atoms with van der Waals surface area (Å²) in [7, 11) is 0. The number of hydrogen-bond donors (Lipinski definition) is 1. The fourth-order valence-electron chi connectivity index (χ4n) is 3.93. The van der Waals surface area contributed by atoms with E-state index >= 15 is 0 Å². The highest BCUT2D eigenvalue weighted by molar-refractivity contribution is 5.85. The molecule has 1 saturated heterocycles. The SMILES string of the molecule is Cc1[nH]c2ccccc2c1[C@H](c1cccnc1)N1CCCCC1. The third kappa shape index (κ3) is 2.66. The van der Waals surface area contributed by atoms with Crippen molar-refractivity contribution in [2.24, 2.45) is 0 Å². The summed E-state index contributed by atoms with van der Waals surface area (Å²) in [4.78, 5) is 10.6. The zero-order valence-corrected chi connectivity index (χ0v) is 13.6. The van der Waals surface area contributed by atoms with Gasteiger partial charge in [0.25, 0.3) is 0 Å². The Morgan fingerprint density at radius 3 is 2.65 bits per heavy atom. The van der Waals surface area contributed by atoms with Gasteiger partial charge in [0, 0.05) is 34.6 Å². The first-order valence-corrected chi connectivity index (χ1v) is 8.56. The molecule has 0 bridgehead atoms. The molecule has 118 valence electrons. The highest BCUT2D eigenvalue weighted by Crippen LogP contribution is 2.37. The number of para-hydroxylation sites is 1. The Kier molecular flexibility index (Phi) is 3.88. The van der Waals surface area contributed by atoms with Crippen LogP contribution in [0, 0.1) is 6.92 Å². The molecule has 1 aliphatic heterocycles. The van der Waals surface area contributed by atoms with Crippen LogP contribution in [-0.2, 0) is 0 Å². The molecule has 0 aliphatic carbocycles. The number of hydrogen-bond acceptors (Lipinski definition) is 2. The second kappa shape index (κ2) is 6.17. The van der Waals surface area contributed by atoms with E-state index in [0.717, 1.165) is 0 Å². The van der Waals surface area contributed by atoms with Crippen LogP contribution in [0.15, 0.2) is 48.8 Å². The first-order chi connectivity index (χ1) is 11.3. The van der Waals surface area contributed by atoms with Gasteiger partial charge in [-0.1, -0.05) is 30.7 Å². The maximum atomic E-state index is 4.38. The molecule has 0 unspecified atom stereocenters. The third-order valence-electron chi connectivity index (χ3n) is 4.97. The van der Waals surface area contributed by atoms with Crippen LogP contribution in [0.1, 0.15) is 42.1 Å². The maximum absolute atomic E-state index is 4.38. The van der Waals surface area contributed by atoms with Crippen molar-refractivity contribution in [3.63, 3.8) is 0 Å². The van der Waals surface area contributed by atoms with E-state index < -0.39 is 0 Å². The molecule has 23 heavy (non-hydrogen) atoms. The van der Waals surface area contributed by atoms with Gasteiger partial charge in [0.1, 0.15) is 0 Å². The van der Waals surface area contributed by atoms with Gasteiger partial charge < -0.3 is 4.98 Å². The van der Waals surface area contributed by atoms with Crippen LogP contribution in [0.25, 0.3) is 10.9 Å². The van der Waals surface area contributed by atoms with E-state index in [1.165, 1.54) is 60.1 Å². The quantitative estimate of drug-likeness (QED) is 0.775. The number of fused-ring (bicyclic) bond motifs is 1. The Bertz CT molecular complexity index is 785. The molecular weight excluding hydrogens is 282 g/mol. The number of aryl methyl sites for hydroxylation is 1. The second-order valence-electron chi connectivity index (χ2n) is 6.49. The minimum atomic E-state index is 0.292. The lowest BCUT2D eigenvalue weighted by molar-refractivity contribution is 0.187. The Morgan fingerprint density at radius 2 is 1.87 bits per heavy atom. The largest absolute Gasteiger partial charge is 0.358 e. The molecule has 3 heterocycles. The van der Waals surface area contributed by atoms with E-state index in [9.17, 15) is 0 Å². The first-order valence-electron chi connectivity index (χ1n) is 8.56. The first kappa shape index (κ1) is 14.5. The summed E-state index contributed by atoms with van der Waals surface area (Å²) in [6.45, 7) is 4.53. The molecule has 0 radical (unpaired) electrons. The summed E-state index contributed by atoms with van der Waals surface area (Å²) < 4.78 is 0. The number of H-pyrrole nitrogens is 1. The predicted molar refractivity (Wildman–Crippen MR) is 94.5 cm³/mol. The maximum Gasteiger partial charge on any atom is 0.0640 e. The lowest BCUT2D eigenvalue weighted by atomic mass is 9.94. The Labute approximate surface area is 137 Å². The fraction of sp³-hybridized carbons (Fsp3) is 0.350. The van der Waals surface area contributed by atoms with Gasteiger partial charge in [0.15, 0.2) is 0 Å². The molecule has 0 amide bonds. The topological polar surface area (TPSA) is 31.9 Å². The molecule has 1 fully saturated rings. The van der Waals surface area contributed by atoms with Crippen molar-refractivity contribution in [2.75, 3.05) is 13.1 Å². The predicted octanol–water partition coefficient (Wildman–Crippen LogP) is 4.45. The van der Waals surface area contributed by atoms with Gasteiger partial charge in [-0.3, -0.25) is 9.88 Å². The standard InChI is InChI=1S/C20H23N3/c1-15-19(17-9-3-4-10-18(17)22-15)20(16-8-7-11-21-14-16)23-12-5-2-6-13-23/h3-4,7-11,14,20,22H,2,5-6,12-13H2,1H3/t20-/m0/s1. The van der Waals surface area contributed by atoms with Gasteiger partial charge in [0.05, 0.1) is 6.04 Å². The summed E-state index contributed by atoms with van der Waals surface area (Å²) in [6.07, 6.45) is 7.82. The molecule has 3 aromatic rings. The van der Waals surface area contributed by atoms with Gasteiger partial charge in [-0.2, -0.15) is 0 Å². The van der Waals surface area contributed by atoms with Crippen molar-refractivity contribution in [1.29, 1.82) is 0 Å². The number of nitrogens with zero attached hydrogens (tertiary/aromatic N) is 2. The van der Waals surface area contributed by atoms with Crippen LogP contribution in [0.2, 0.25) is 0 Å².